The number of carbonyl (C=O) groups excluding carboxylic acids is 1. The predicted octanol–water partition coefficient (Wildman–Crippen LogP) is 8.12. The molecule has 0 unspecified atom stereocenters. The van der Waals surface area contributed by atoms with E-state index >= 15 is 0 Å². The van der Waals surface area contributed by atoms with Crippen molar-refractivity contribution in [2.75, 3.05) is 42.1 Å². The molecule has 2 heterocycles. The topological polar surface area (TPSA) is 138 Å². The fourth-order valence-electron chi connectivity index (χ4n) is 7.34. The van der Waals surface area contributed by atoms with E-state index in [2.05, 4.69) is 68.4 Å². The quantitative estimate of drug-likeness (QED) is 0.0687. The Bertz CT molecular complexity index is 2210. The van der Waals surface area contributed by atoms with Crippen LogP contribution in [0, 0.1) is 17.0 Å². The number of sulfonamides is 1. The van der Waals surface area contributed by atoms with Crippen LogP contribution in [0.3, 0.4) is 0 Å². The van der Waals surface area contributed by atoms with Gasteiger partial charge in [-0.25, -0.2) is 13.1 Å². The summed E-state index contributed by atoms with van der Waals surface area (Å²) in [5.74, 6) is 0.669. The van der Waals surface area contributed by atoms with Crippen molar-refractivity contribution in [2.45, 2.75) is 54.5 Å². The number of nitro groups is 1. The number of benzene rings is 4. The van der Waals surface area contributed by atoms with Crippen molar-refractivity contribution in [3.05, 3.63) is 136 Å². The van der Waals surface area contributed by atoms with E-state index < -0.39 is 26.4 Å². The van der Waals surface area contributed by atoms with Gasteiger partial charge in [-0.2, -0.15) is 0 Å². The highest BCUT2D eigenvalue weighted by Crippen LogP contribution is 2.41. The van der Waals surface area contributed by atoms with Crippen LogP contribution in [0.4, 0.5) is 17.1 Å². The summed E-state index contributed by atoms with van der Waals surface area (Å²) in [5, 5.41) is 15.6. The van der Waals surface area contributed by atoms with Crippen LogP contribution in [0.2, 0.25) is 0 Å². The SMILES string of the molecule is Cc1occc1SCC1(Nc2ccc(S(=O)(=O)NC(=O)c3ccc(N4CCN(Cc5ccccc5-c5ccccc5)CC4)cc3)cc2[N+](=O)[O-])CCCC1. The molecule has 2 aliphatic rings. The molecule has 0 radical (unpaired) electrons. The molecule has 2 fully saturated rings. The van der Waals surface area contributed by atoms with Gasteiger partial charge in [-0.05, 0) is 78.9 Å². The normalized spacial score (nSPS) is 15.9. The number of nitrogens with zero attached hydrogens (tertiary/aromatic N) is 3. The summed E-state index contributed by atoms with van der Waals surface area (Å²) in [6.45, 7) is 6.10. The number of furan rings is 1. The molecule has 0 bridgehead atoms. The summed E-state index contributed by atoms with van der Waals surface area (Å²) in [7, 11) is -4.41. The molecule has 4 aromatic carbocycles. The molecule has 1 saturated carbocycles. The first-order chi connectivity index (χ1) is 26.1. The number of rotatable bonds is 13. The van der Waals surface area contributed by atoms with Gasteiger partial charge >= 0.3 is 0 Å². The zero-order valence-electron chi connectivity index (χ0n) is 30.1. The molecule has 1 aliphatic carbocycles. The minimum absolute atomic E-state index is 0.166. The van der Waals surface area contributed by atoms with Crippen molar-refractivity contribution < 1.29 is 22.6 Å². The smallest absolute Gasteiger partial charge is 0.293 e. The second kappa shape index (κ2) is 16.1. The van der Waals surface area contributed by atoms with Crippen LogP contribution in [0.5, 0.6) is 0 Å². The number of carbonyl (C=O) groups is 1. The summed E-state index contributed by atoms with van der Waals surface area (Å²) in [6, 6.07) is 31.4. The van der Waals surface area contributed by atoms with E-state index in [0.717, 1.165) is 80.8 Å². The molecule has 1 aliphatic heterocycles. The number of hydrogen-bond donors (Lipinski definition) is 2. The summed E-state index contributed by atoms with van der Waals surface area (Å²) in [5.41, 5.74) is 4.31. The number of amides is 1. The van der Waals surface area contributed by atoms with Crippen LogP contribution < -0.4 is 14.9 Å². The lowest BCUT2D eigenvalue weighted by Crippen LogP contribution is -2.46. The van der Waals surface area contributed by atoms with Gasteiger partial charge in [0.05, 0.1) is 16.1 Å². The molecule has 0 spiro atoms. The molecule has 1 amide bonds. The van der Waals surface area contributed by atoms with Gasteiger partial charge < -0.3 is 14.6 Å². The van der Waals surface area contributed by atoms with E-state index in [-0.39, 0.29) is 21.8 Å². The van der Waals surface area contributed by atoms with Gasteiger partial charge in [-0.3, -0.25) is 19.8 Å². The second-order valence-electron chi connectivity index (χ2n) is 13.9. The second-order valence-corrected chi connectivity index (χ2v) is 16.6. The minimum Gasteiger partial charge on any atom is -0.468 e. The maximum absolute atomic E-state index is 13.4. The molecule has 2 N–H and O–H groups in total. The number of aryl methyl sites for hydroxylation is 1. The van der Waals surface area contributed by atoms with Gasteiger partial charge in [0.25, 0.3) is 21.6 Å². The first-order valence-corrected chi connectivity index (χ1v) is 20.6. The third kappa shape index (κ3) is 8.48. The van der Waals surface area contributed by atoms with E-state index in [1.165, 1.54) is 28.8 Å². The number of nitro benzene ring substituents is 1. The van der Waals surface area contributed by atoms with E-state index in [0.29, 0.717) is 5.75 Å². The van der Waals surface area contributed by atoms with Crippen LogP contribution in [0.1, 0.15) is 47.4 Å². The number of anilines is 2. The van der Waals surface area contributed by atoms with Crippen molar-refractivity contribution in [2.24, 2.45) is 0 Å². The van der Waals surface area contributed by atoms with Crippen LogP contribution in [-0.2, 0) is 16.6 Å². The molecule has 11 nitrogen and oxygen atoms in total. The number of thioether (sulfide) groups is 1. The lowest BCUT2D eigenvalue weighted by molar-refractivity contribution is -0.384. The third-order valence-electron chi connectivity index (χ3n) is 10.3. The Morgan fingerprint density at radius 3 is 2.30 bits per heavy atom. The van der Waals surface area contributed by atoms with Crippen molar-refractivity contribution in [1.29, 1.82) is 0 Å². The van der Waals surface area contributed by atoms with Gasteiger partial charge in [0, 0.05) is 66.2 Å². The lowest BCUT2D eigenvalue weighted by atomic mass is 9.99. The van der Waals surface area contributed by atoms with Gasteiger partial charge in [-0.15, -0.1) is 11.8 Å². The molecule has 280 valence electrons. The van der Waals surface area contributed by atoms with E-state index in [4.69, 9.17) is 4.42 Å². The Balaban J connectivity index is 0.967. The Hall–Kier alpha value is -5.11. The molecule has 1 saturated heterocycles. The van der Waals surface area contributed by atoms with Gasteiger partial charge in [-0.1, -0.05) is 67.4 Å². The number of nitrogens with one attached hydrogen (secondary N) is 2. The molecule has 0 atom stereocenters. The standard InChI is InChI=1S/C41H43N5O6S2/c1-30-39(19-26-52-30)53-29-41(20-7-8-21-41)42-37-18-17-35(27-38(37)46(48)49)54(50,51)43-40(47)32-13-15-34(16-14-32)45-24-22-44(23-25-45)28-33-11-5-6-12-36(33)31-9-3-2-4-10-31/h2-6,9-19,26-27,42H,7-8,20-25,28-29H2,1H3,(H,43,47). The fourth-order valence-corrected chi connectivity index (χ4v) is 9.53. The van der Waals surface area contributed by atoms with Gasteiger partial charge in [0.15, 0.2) is 0 Å². The van der Waals surface area contributed by atoms with Crippen molar-refractivity contribution in [3.8, 4) is 11.1 Å². The summed E-state index contributed by atoms with van der Waals surface area (Å²) < 4.78 is 34.2. The molecule has 1 aromatic heterocycles. The van der Waals surface area contributed by atoms with Crippen molar-refractivity contribution in [3.63, 3.8) is 0 Å². The maximum atomic E-state index is 13.4. The first-order valence-electron chi connectivity index (χ1n) is 18.1. The van der Waals surface area contributed by atoms with Crippen molar-refractivity contribution in [1.82, 2.24) is 9.62 Å². The molecular weight excluding hydrogens is 723 g/mol. The first kappa shape index (κ1) is 37.2. The Morgan fingerprint density at radius 1 is 0.907 bits per heavy atom. The molecule has 54 heavy (non-hydrogen) atoms. The number of piperazine rings is 1. The average molecular weight is 766 g/mol. The Morgan fingerprint density at radius 2 is 1.61 bits per heavy atom. The average Bonchev–Trinajstić information content (AvgIpc) is 3.83. The molecule has 5 aromatic rings. The monoisotopic (exact) mass is 765 g/mol. The Labute approximate surface area is 320 Å². The molecule has 7 rings (SSSR count). The lowest BCUT2D eigenvalue weighted by Gasteiger charge is -2.36. The third-order valence-corrected chi connectivity index (χ3v) is 13.1. The highest BCUT2D eigenvalue weighted by Gasteiger charge is 2.36. The van der Waals surface area contributed by atoms with Crippen LogP contribution in [-0.4, -0.2) is 61.6 Å². The van der Waals surface area contributed by atoms with Crippen LogP contribution in [0.15, 0.2) is 124 Å². The van der Waals surface area contributed by atoms with Crippen LogP contribution >= 0.6 is 11.8 Å². The van der Waals surface area contributed by atoms with Gasteiger partial charge in [0.1, 0.15) is 11.4 Å². The summed E-state index contributed by atoms with van der Waals surface area (Å²) >= 11 is 1.63. The fraction of sp³-hybridized carbons (Fsp3) is 0.293. The van der Waals surface area contributed by atoms with Crippen molar-refractivity contribution >= 4 is 44.8 Å². The molecular formula is C41H43N5O6S2. The zero-order chi connectivity index (χ0) is 37.7. The molecule has 13 heteroatoms. The summed E-state index contributed by atoms with van der Waals surface area (Å²) in [4.78, 5) is 30.1. The van der Waals surface area contributed by atoms with Crippen LogP contribution in [0.25, 0.3) is 11.1 Å². The van der Waals surface area contributed by atoms with Gasteiger partial charge in [0.2, 0.25) is 0 Å². The zero-order valence-corrected chi connectivity index (χ0v) is 31.7. The number of hydrogen-bond acceptors (Lipinski definition) is 10. The largest absolute Gasteiger partial charge is 0.468 e. The summed E-state index contributed by atoms with van der Waals surface area (Å²) in [6.07, 6.45) is 5.24. The highest BCUT2D eigenvalue weighted by atomic mass is 32.2. The Kier molecular flexibility index (Phi) is 11.1. The van der Waals surface area contributed by atoms with E-state index in [1.54, 1.807) is 30.2 Å². The maximum Gasteiger partial charge on any atom is 0.293 e. The predicted molar refractivity (Wildman–Crippen MR) is 213 cm³/mol. The van der Waals surface area contributed by atoms with E-state index in [1.807, 2.05) is 31.2 Å². The highest BCUT2D eigenvalue weighted by molar-refractivity contribution is 7.99. The minimum atomic E-state index is -4.41. The van der Waals surface area contributed by atoms with E-state index in [9.17, 15) is 23.3 Å².